The molecule has 1 aromatic rings. The number of hydrogen-bond acceptors (Lipinski definition) is 4. The lowest BCUT2D eigenvalue weighted by Crippen LogP contribution is -2.43. The molecule has 0 unspecified atom stereocenters. The van der Waals surface area contributed by atoms with Gasteiger partial charge >= 0.3 is 0 Å². The first kappa shape index (κ1) is 16.2. The van der Waals surface area contributed by atoms with Gasteiger partial charge in [0.15, 0.2) is 0 Å². The van der Waals surface area contributed by atoms with Crippen LogP contribution in [0, 0.1) is 11.8 Å². The van der Waals surface area contributed by atoms with Crippen LogP contribution < -0.4 is 10.1 Å². The second-order valence-corrected chi connectivity index (χ2v) is 6.84. The molecule has 1 amide bonds. The maximum Gasteiger partial charge on any atom is 0.223 e. The fraction of sp³-hybridized carbons (Fsp3) is 0.667. The smallest absolute Gasteiger partial charge is 0.223 e. The Morgan fingerprint density at radius 1 is 1.30 bits per heavy atom. The van der Waals surface area contributed by atoms with Gasteiger partial charge in [0.2, 0.25) is 11.8 Å². The summed E-state index contributed by atoms with van der Waals surface area (Å²) in [7, 11) is 1.59. The van der Waals surface area contributed by atoms with Crippen LogP contribution in [0.5, 0.6) is 5.88 Å². The number of carbonyl (C=O) groups excluding carboxylic acids is 1. The van der Waals surface area contributed by atoms with Crippen molar-refractivity contribution in [3.05, 3.63) is 23.9 Å². The number of methoxy groups -OCH3 is 1. The number of carbonyl (C=O) groups is 1. The molecule has 5 heteroatoms. The van der Waals surface area contributed by atoms with Gasteiger partial charge in [-0.25, -0.2) is 4.98 Å². The van der Waals surface area contributed by atoms with Crippen molar-refractivity contribution in [2.75, 3.05) is 7.11 Å². The van der Waals surface area contributed by atoms with Crippen LogP contribution in [0.25, 0.3) is 0 Å². The van der Waals surface area contributed by atoms with E-state index >= 15 is 0 Å². The Kier molecular flexibility index (Phi) is 5.16. The minimum absolute atomic E-state index is 0.0637. The molecule has 2 N–H and O–H groups in total. The molecule has 0 bridgehead atoms. The zero-order valence-corrected chi connectivity index (χ0v) is 13.7. The van der Waals surface area contributed by atoms with Gasteiger partial charge in [-0.05, 0) is 37.2 Å². The monoisotopic (exact) mass is 318 g/mol. The Hall–Kier alpha value is -1.62. The van der Waals surface area contributed by atoms with E-state index in [1.165, 1.54) is 6.42 Å². The lowest BCUT2D eigenvalue weighted by Gasteiger charge is -2.39. The predicted molar refractivity (Wildman–Crippen MR) is 87.0 cm³/mol. The Bertz CT molecular complexity index is 520. The molecular weight excluding hydrogens is 292 g/mol. The summed E-state index contributed by atoms with van der Waals surface area (Å²) in [5.41, 5.74) is 0.992. The second kappa shape index (κ2) is 7.30. The van der Waals surface area contributed by atoms with Crippen LogP contribution in [0.4, 0.5) is 0 Å². The summed E-state index contributed by atoms with van der Waals surface area (Å²) in [6.45, 7) is 0. The topological polar surface area (TPSA) is 71.5 Å². The number of ether oxygens (including phenoxy) is 1. The van der Waals surface area contributed by atoms with Gasteiger partial charge in [0, 0.05) is 18.2 Å². The van der Waals surface area contributed by atoms with Crippen LogP contribution in [0.2, 0.25) is 0 Å². The fourth-order valence-corrected chi connectivity index (χ4v) is 3.71. The summed E-state index contributed by atoms with van der Waals surface area (Å²) < 4.78 is 5.10. The molecule has 0 spiro atoms. The molecule has 2 fully saturated rings. The molecule has 0 saturated heterocycles. The average molecular weight is 318 g/mol. The van der Waals surface area contributed by atoms with E-state index in [0.717, 1.165) is 44.1 Å². The number of aromatic nitrogens is 1. The number of nitrogens with one attached hydrogen (secondary N) is 1. The Balaban J connectivity index is 1.71. The van der Waals surface area contributed by atoms with Crippen LogP contribution in [-0.2, 0) is 4.79 Å². The molecule has 1 heterocycles. The molecule has 0 aromatic carbocycles. The Labute approximate surface area is 137 Å². The lowest BCUT2D eigenvalue weighted by molar-refractivity contribution is -0.127. The van der Waals surface area contributed by atoms with Gasteiger partial charge in [0.05, 0.1) is 19.3 Å². The van der Waals surface area contributed by atoms with Crippen molar-refractivity contribution in [2.45, 2.75) is 57.1 Å². The normalized spacial score (nSPS) is 26.2. The van der Waals surface area contributed by atoms with E-state index in [1.54, 1.807) is 13.3 Å². The highest BCUT2D eigenvalue weighted by Crippen LogP contribution is 2.38. The van der Waals surface area contributed by atoms with Gasteiger partial charge < -0.3 is 15.2 Å². The molecule has 1 atom stereocenters. The van der Waals surface area contributed by atoms with Gasteiger partial charge in [0.1, 0.15) is 0 Å². The van der Waals surface area contributed by atoms with E-state index in [4.69, 9.17) is 4.74 Å². The van der Waals surface area contributed by atoms with E-state index in [0.29, 0.717) is 5.88 Å². The van der Waals surface area contributed by atoms with Gasteiger partial charge in [-0.15, -0.1) is 0 Å². The number of rotatable bonds is 5. The number of aliphatic hydroxyl groups excluding tert-OH is 1. The number of hydrogen-bond donors (Lipinski definition) is 2. The molecular formula is C18H26N2O3. The highest BCUT2D eigenvalue weighted by atomic mass is 16.5. The van der Waals surface area contributed by atoms with E-state index < -0.39 is 0 Å². The summed E-state index contributed by atoms with van der Waals surface area (Å²) in [6.07, 6.45) is 8.53. The third kappa shape index (κ3) is 3.83. The van der Waals surface area contributed by atoms with E-state index in [2.05, 4.69) is 10.3 Å². The van der Waals surface area contributed by atoms with E-state index in [9.17, 15) is 9.90 Å². The van der Waals surface area contributed by atoms with Crippen molar-refractivity contribution >= 4 is 5.91 Å². The minimum Gasteiger partial charge on any atom is -0.481 e. The summed E-state index contributed by atoms with van der Waals surface area (Å²) in [6, 6.07) is 3.72. The molecule has 0 radical (unpaired) electrons. The fourth-order valence-electron chi connectivity index (χ4n) is 3.71. The third-order valence-electron chi connectivity index (χ3n) is 5.22. The molecule has 0 aliphatic heterocycles. The molecule has 126 valence electrons. The number of nitrogens with zero attached hydrogens (tertiary/aromatic N) is 1. The highest BCUT2D eigenvalue weighted by molar-refractivity contribution is 5.79. The summed E-state index contributed by atoms with van der Waals surface area (Å²) in [5.74, 6) is 1.15. The third-order valence-corrected chi connectivity index (χ3v) is 5.22. The number of amides is 1. The largest absolute Gasteiger partial charge is 0.481 e. The van der Waals surface area contributed by atoms with Gasteiger partial charge in [-0.2, -0.15) is 0 Å². The van der Waals surface area contributed by atoms with E-state index in [1.807, 2.05) is 12.1 Å². The summed E-state index contributed by atoms with van der Waals surface area (Å²) >= 11 is 0. The first-order chi connectivity index (χ1) is 11.2. The molecule has 2 aliphatic carbocycles. The molecule has 3 rings (SSSR count). The van der Waals surface area contributed by atoms with Gasteiger partial charge in [-0.3, -0.25) is 4.79 Å². The summed E-state index contributed by atoms with van der Waals surface area (Å²) in [5, 5.41) is 12.9. The maximum atomic E-state index is 12.6. The standard InChI is InChI=1S/C18H26N2O3/c1-23-16-8-7-13(11-19-16)17(14-9-15(21)10-14)20-18(22)12-5-3-2-4-6-12/h7-8,11-12,14-15,17,21H,2-6,9-10H2,1H3,(H,20,22)/t14?,15?,17-/m0/s1. The van der Waals surface area contributed by atoms with E-state index in [-0.39, 0.29) is 29.9 Å². The Morgan fingerprint density at radius 2 is 2.04 bits per heavy atom. The highest BCUT2D eigenvalue weighted by Gasteiger charge is 2.36. The predicted octanol–water partition coefficient (Wildman–Crippen LogP) is 2.60. The van der Waals surface area contributed by atoms with Crippen LogP contribution in [0.1, 0.15) is 56.6 Å². The average Bonchev–Trinajstić information content (AvgIpc) is 2.58. The van der Waals surface area contributed by atoms with Crippen molar-refractivity contribution in [1.29, 1.82) is 0 Å². The molecule has 5 nitrogen and oxygen atoms in total. The van der Waals surface area contributed by atoms with Gasteiger partial charge in [-0.1, -0.05) is 25.3 Å². The van der Waals surface area contributed by atoms with Crippen LogP contribution in [0.3, 0.4) is 0 Å². The summed E-state index contributed by atoms with van der Waals surface area (Å²) in [4.78, 5) is 16.9. The van der Waals surface area contributed by atoms with Crippen LogP contribution >= 0.6 is 0 Å². The number of aliphatic hydroxyl groups is 1. The van der Waals surface area contributed by atoms with Crippen molar-refractivity contribution in [2.24, 2.45) is 11.8 Å². The Morgan fingerprint density at radius 3 is 2.61 bits per heavy atom. The first-order valence-electron chi connectivity index (χ1n) is 8.65. The number of pyridine rings is 1. The van der Waals surface area contributed by atoms with Crippen molar-refractivity contribution in [1.82, 2.24) is 10.3 Å². The van der Waals surface area contributed by atoms with Crippen LogP contribution in [-0.4, -0.2) is 29.2 Å². The molecule has 1 aromatic heterocycles. The van der Waals surface area contributed by atoms with Crippen molar-refractivity contribution < 1.29 is 14.6 Å². The zero-order chi connectivity index (χ0) is 16.2. The zero-order valence-electron chi connectivity index (χ0n) is 13.7. The second-order valence-electron chi connectivity index (χ2n) is 6.84. The lowest BCUT2D eigenvalue weighted by atomic mass is 9.75. The SMILES string of the molecule is COc1ccc([C@H](NC(=O)C2CCCCC2)C2CC(O)C2)cn1. The van der Waals surface area contributed by atoms with Gasteiger partial charge in [0.25, 0.3) is 0 Å². The van der Waals surface area contributed by atoms with Crippen LogP contribution in [0.15, 0.2) is 18.3 Å². The molecule has 2 aliphatic rings. The minimum atomic E-state index is -0.236. The van der Waals surface area contributed by atoms with Crippen molar-refractivity contribution in [3.63, 3.8) is 0 Å². The van der Waals surface area contributed by atoms with Crippen molar-refractivity contribution in [3.8, 4) is 5.88 Å². The quantitative estimate of drug-likeness (QED) is 0.875. The first-order valence-corrected chi connectivity index (χ1v) is 8.65. The maximum absolute atomic E-state index is 12.6. The molecule has 23 heavy (non-hydrogen) atoms. The molecule has 2 saturated carbocycles.